The molecule has 1 aromatic heterocycles. The first-order valence-electron chi connectivity index (χ1n) is 9.29. The molecule has 134 valence electrons. The van der Waals surface area contributed by atoms with Gasteiger partial charge in [0, 0.05) is 13.2 Å². The van der Waals surface area contributed by atoms with Gasteiger partial charge in [-0.2, -0.15) is 0 Å². The first-order valence-corrected chi connectivity index (χ1v) is 9.29. The number of carbonyl (C=O) groups excluding carboxylic acids is 1. The summed E-state index contributed by atoms with van der Waals surface area (Å²) in [6.07, 6.45) is 7.21. The zero-order chi connectivity index (χ0) is 16.8. The van der Waals surface area contributed by atoms with Crippen LogP contribution in [0.3, 0.4) is 0 Å². The molecular weight excluding hydrogens is 306 g/mol. The van der Waals surface area contributed by atoms with Crippen molar-refractivity contribution in [1.82, 2.24) is 4.90 Å². The summed E-state index contributed by atoms with van der Waals surface area (Å²) in [6, 6.07) is 4.07. The van der Waals surface area contributed by atoms with Crippen LogP contribution < -0.4 is 0 Å². The number of carbonyl (C=O) groups is 1. The highest BCUT2D eigenvalue weighted by atomic mass is 16.5. The van der Waals surface area contributed by atoms with Crippen molar-refractivity contribution in [3.05, 3.63) is 23.7 Å². The molecule has 0 aromatic carbocycles. The van der Waals surface area contributed by atoms with Crippen LogP contribution >= 0.6 is 0 Å². The Bertz CT molecular complexity index is 521. The maximum absolute atomic E-state index is 12.7. The van der Waals surface area contributed by atoms with E-state index in [0.29, 0.717) is 19.6 Å². The SMILES string of the molecule is Cc1ccc(C2CCCCCN2C(=O)CCOCC2CCCO2)o1. The summed E-state index contributed by atoms with van der Waals surface area (Å²) in [5.74, 6) is 1.99. The molecule has 0 bridgehead atoms. The molecule has 1 amide bonds. The lowest BCUT2D eigenvalue weighted by molar-refractivity contribution is -0.135. The number of rotatable bonds is 6. The molecule has 0 radical (unpaired) electrons. The highest BCUT2D eigenvalue weighted by Gasteiger charge is 2.28. The summed E-state index contributed by atoms with van der Waals surface area (Å²) < 4.78 is 17.0. The van der Waals surface area contributed by atoms with Crippen LogP contribution in [0.4, 0.5) is 0 Å². The Hall–Kier alpha value is -1.33. The molecule has 2 fully saturated rings. The second kappa shape index (κ2) is 8.67. The first kappa shape index (κ1) is 17.5. The largest absolute Gasteiger partial charge is 0.464 e. The number of hydrogen-bond acceptors (Lipinski definition) is 4. The summed E-state index contributed by atoms with van der Waals surface area (Å²) in [7, 11) is 0. The molecule has 1 aromatic rings. The van der Waals surface area contributed by atoms with Gasteiger partial charge in [0.2, 0.25) is 5.91 Å². The molecule has 2 aliphatic heterocycles. The van der Waals surface area contributed by atoms with Crippen molar-refractivity contribution in [3.8, 4) is 0 Å². The van der Waals surface area contributed by atoms with E-state index in [0.717, 1.165) is 56.8 Å². The van der Waals surface area contributed by atoms with E-state index >= 15 is 0 Å². The Balaban J connectivity index is 1.51. The van der Waals surface area contributed by atoms with Crippen LogP contribution in [-0.4, -0.2) is 43.3 Å². The van der Waals surface area contributed by atoms with Gasteiger partial charge in [-0.3, -0.25) is 4.79 Å². The van der Waals surface area contributed by atoms with E-state index in [9.17, 15) is 4.79 Å². The monoisotopic (exact) mass is 335 g/mol. The average molecular weight is 335 g/mol. The van der Waals surface area contributed by atoms with Gasteiger partial charge >= 0.3 is 0 Å². The minimum atomic E-state index is 0.0758. The lowest BCUT2D eigenvalue weighted by atomic mass is 10.1. The fourth-order valence-electron chi connectivity index (χ4n) is 3.63. The van der Waals surface area contributed by atoms with Crippen LogP contribution in [0.5, 0.6) is 0 Å². The number of furan rings is 1. The lowest BCUT2D eigenvalue weighted by Gasteiger charge is -2.29. The number of aryl methyl sites for hydroxylation is 1. The molecule has 0 N–H and O–H groups in total. The first-order chi connectivity index (χ1) is 11.7. The fraction of sp³-hybridized carbons (Fsp3) is 0.737. The van der Waals surface area contributed by atoms with Crippen LogP contribution in [0.25, 0.3) is 0 Å². The third-order valence-electron chi connectivity index (χ3n) is 4.95. The van der Waals surface area contributed by atoms with Crippen LogP contribution in [0, 0.1) is 6.92 Å². The molecule has 2 saturated heterocycles. The minimum absolute atomic E-state index is 0.0758. The van der Waals surface area contributed by atoms with Crippen LogP contribution in [0.15, 0.2) is 16.5 Å². The quantitative estimate of drug-likeness (QED) is 0.745. The molecule has 3 rings (SSSR count). The summed E-state index contributed by atoms with van der Waals surface area (Å²) in [5, 5.41) is 0. The summed E-state index contributed by atoms with van der Waals surface area (Å²) in [6.45, 7) is 4.68. The molecule has 0 spiro atoms. The van der Waals surface area contributed by atoms with Crippen molar-refractivity contribution < 1.29 is 18.7 Å². The molecular formula is C19H29NO4. The standard InChI is InChI=1S/C19H29NO4/c1-15-8-9-18(24-15)17-7-3-2-4-11-20(17)19(21)10-13-22-14-16-6-5-12-23-16/h8-9,16-17H,2-7,10-14H2,1H3. The third kappa shape index (κ3) is 4.61. The van der Waals surface area contributed by atoms with Crippen molar-refractivity contribution in [2.45, 2.75) is 64.0 Å². The Kier molecular flexibility index (Phi) is 6.32. The summed E-state index contributed by atoms with van der Waals surface area (Å²) in [5.41, 5.74) is 0. The van der Waals surface area contributed by atoms with Crippen molar-refractivity contribution in [1.29, 1.82) is 0 Å². The number of hydrogen-bond donors (Lipinski definition) is 0. The van der Waals surface area contributed by atoms with Crippen molar-refractivity contribution in [3.63, 3.8) is 0 Å². The molecule has 24 heavy (non-hydrogen) atoms. The lowest BCUT2D eigenvalue weighted by Crippen LogP contribution is -2.35. The van der Waals surface area contributed by atoms with Crippen molar-refractivity contribution >= 4 is 5.91 Å². The molecule has 3 heterocycles. The van der Waals surface area contributed by atoms with E-state index in [4.69, 9.17) is 13.9 Å². The predicted octanol–water partition coefficient (Wildman–Crippen LogP) is 3.62. The minimum Gasteiger partial charge on any atom is -0.464 e. The van der Waals surface area contributed by atoms with Crippen molar-refractivity contribution in [2.75, 3.05) is 26.4 Å². The van der Waals surface area contributed by atoms with E-state index in [-0.39, 0.29) is 18.1 Å². The third-order valence-corrected chi connectivity index (χ3v) is 4.95. The molecule has 2 atom stereocenters. The van der Waals surface area contributed by atoms with Gasteiger partial charge in [-0.25, -0.2) is 0 Å². The topological polar surface area (TPSA) is 51.9 Å². The van der Waals surface area contributed by atoms with Gasteiger partial charge in [0.15, 0.2) is 0 Å². The van der Waals surface area contributed by atoms with Gasteiger partial charge in [-0.1, -0.05) is 12.8 Å². The highest BCUT2D eigenvalue weighted by Crippen LogP contribution is 2.31. The molecule has 2 unspecified atom stereocenters. The van der Waals surface area contributed by atoms with Gasteiger partial charge < -0.3 is 18.8 Å². The van der Waals surface area contributed by atoms with Gasteiger partial charge in [0.25, 0.3) is 0 Å². The summed E-state index contributed by atoms with van der Waals surface area (Å²) in [4.78, 5) is 14.7. The maximum Gasteiger partial charge on any atom is 0.225 e. The van der Waals surface area contributed by atoms with Gasteiger partial charge in [0.05, 0.1) is 31.8 Å². The Morgan fingerprint density at radius 2 is 2.17 bits per heavy atom. The number of nitrogens with zero attached hydrogens (tertiary/aromatic N) is 1. The zero-order valence-corrected chi connectivity index (χ0v) is 14.7. The van der Waals surface area contributed by atoms with Crippen LogP contribution in [-0.2, 0) is 14.3 Å². The Labute approximate surface area is 144 Å². The highest BCUT2D eigenvalue weighted by molar-refractivity contribution is 5.76. The van der Waals surface area contributed by atoms with E-state index in [1.54, 1.807) is 0 Å². The van der Waals surface area contributed by atoms with E-state index in [1.165, 1.54) is 6.42 Å². The predicted molar refractivity (Wildman–Crippen MR) is 90.8 cm³/mol. The zero-order valence-electron chi connectivity index (χ0n) is 14.7. The van der Waals surface area contributed by atoms with E-state index in [2.05, 4.69) is 0 Å². The molecule has 2 aliphatic rings. The number of likely N-dealkylation sites (tertiary alicyclic amines) is 1. The average Bonchev–Trinajstić information content (AvgIpc) is 3.18. The second-order valence-electron chi connectivity index (χ2n) is 6.86. The molecule has 0 saturated carbocycles. The van der Waals surface area contributed by atoms with E-state index in [1.807, 2.05) is 24.0 Å². The number of amides is 1. The molecule has 5 nitrogen and oxygen atoms in total. The van der Waals surface area contributed by atoms with E-state index < -0.39 is 0 Å². The Morgan fingerprint density at radius 3 is 2.92 bits per heavy atom. The maximum atomic E-state index is 12.7. The van der Waals surface area contributed by atoms with Crippen LogP contribution in [0.2, 0.25) is 0 Å². The van der Waals surface area contributed by atoms with Gasteiger partial charge in [0.1, 0.15) is 11.5 Å². The molecule has 5 heteroatoms. The fourth-order valence-corrected chi connectivity index (χ4v) is 3.63. The molecule has 0 aliphatic carbocycles. The van der Waals surface area contributed by atoms with Gasteiger partial charge in [-0.05, 0) is 44.7 Å². The number of ether oxygens (including phenoxy) is 2. The van der Waals surface area contributed by atoms with Crippen LogP contribution in [0.1, 0.15) is 62.5 Å². The smallest absolute Gasteiger partial charge is 0.225 e. The van der Waals surface area contributed by atoms with Gasteiger partial charge in [-0.15, -0.1) is 0 Å². The van der Waals surface area contributed by atoms with Crippen molar-refractivity contribution in [2.24, 2.45) is 0 Å². The summed E-state index contributed by atoms with van der Waals surface area (Å²) >= 11 is 0. The second-order valence-corrected chi connectivity index (χ2v) is 6.86. The Morgan fingerprint density at radius 1 is 1.25 bits per heavy atom. The normalized spacial score (nSPS) is 25.0.